The molecule has 4 aromatic rings. The predicted octanol–water partition coefficient (Wildman–Crippen LogP) is 5.93. The maximum absolute atomic E-state index is 9.59. The lowest BCUT2D eigenvalue weighted by Crippen LogP contribution is -2.04. The number of methoxy groups -OCH3 is 1. The molecule has 0 bridgehead atoms. The Hall–Kier alpha value is -4.21. The molecular formula is C28H27N5O. The van der Waals surface area contributed by atoms with Crippen molar-refractivity contribution in [1.29, 1.82) is 5.26 Å². The second-order valence-corrected chi connectivity index (χ2v) is 8.14. The SMILES string of the molecule is COCc1cc(C)nc(N/N=C\c2cc(C)n(-c3ccc(-c4ccccc4)cc3)c2C)c1C#N. The van der Waals surface area contributed by atoms with E-state index in [1.807, 2.05) is 31.2 Å². The number of benzene rings is 2. The summed E-state index contributed by atoms with van der Waals surface area (Å²) < 4.78 is 7.42. The number of nitrogens with one attached hydrogen (secondary N) is 1. The molecule has 34 heavy (non-hydrogen) atoms. The minimum Gasteiger partial charge on any atom is -0.380 e. The Bertz CT molecular complexity index is 1360. The van der Waals surface area contributed by atoms with E-state index >= 15 is 0 Å². The normalized spacial score (nSPS) is 11.0. The summed E-state index contributed by atoms with van der Waals surface area (Å²) in [5.41, 5.74) is 11.6. The van der Waals surface area contributed by atoms with E-state index in [-0.39, 0.29) is 0 Å². The lowest BCUT2D eigenvalue weighted by atomic mass is 10.1. The zero-order chi connectivity index (χ0) is 24.1. The van der Waals surface area contributed by atoms with Crippen LogP contribution in [0.3, 0.4) is 0 Å². The molecule has 1 N–H and O–H groups in total. The molecule has 6 nitrogen and oxygen atoms in total. The lowest BCUT2D eigenvalue weighted by Gasteiger charge is -2.11. The van der Waals surface area contributed by atoms with Crippen molar-refractivity contribution in [2.75, 3.05) is 12.5 Å². The van der Waals surface area contributed by atoms with Crippen LogP contribution in [0.25, 0.3) is 16.8 Å². The summed E-state index contributed by atoms with van der Waals surface area (Å²) in [5.74, 6) is 0.427. The molecule has 0 aliphatic heterocycles. The smallest absolute Gasteiger partial charge is 0.164 e. The number of nitrogens with zero attached hydrogens (tertiary/aromatic N) is 4. The van der Waals surface area contributed by atoms with Crippen molar-refractivity contribution in [3.05, 3.63) is 101 Å². The number of aryl methyl sites for hydroxylation is 2. The highest BCUT2D eigenvalue weighted by atomic mass is 16.5. The molecule has 0 aliphatic carbocycles. The van der Waals surface area contributed by atoms with Gasteiger partial charge in [-0.15, -0.1) is 0 Å². The molecule has 2 aromatic carbocycles. The Morgan fingerprint density at radius 3 is 2.41 bits per heavy atom. The number of aromatic nitrogens is 2. The molecule has 6 heteroatoms. The Morgan fingerprint density at radius 1 is 1.03 bits per heavy atom. The number of hydrazone groups is 1. The van der Waals surface area contributed by atoms with E-state index in [4.69, 9.17) is 4.74 Å². The third kappa shape index (κ3) is 4.75. The highest BCUT2D eigenvalue weighted by Gasteiger charge is 2.12. The first kappa shape index (κ1) is 23.0. The standard InChI is InChI=1S/C28H27N5O/c1-19-14-25(18-34-4)27(16-29)28(31-19)32-30-17-24-15-20(2)33(21(24)3)26-12-10-23(11-13-26)22-8-6-5-7-9-22/h5-15,17H,18H2,1-4H3,(H,31,32)/b30-17-. The van der Waals surface area contributed by atoms with Crippen LogP contribution >= 0.6 is 0 Å². The zero-order valence-corrected chi connectivity index (χ0v) is 19.8. The maximum Gasteiger partial charge on any atom is 0.164 e. The molecule has 0 fully saturated rings. The Balaban J connectivity index is 1.57. The summed E-state index contributed by atoms with van der Waals surface area (Å²) in [4.78, 5) is 4.44. The number of ether oxygens (including phenoxy) is 1. The molecule has 2 aromatic heterocycles. The third-order valence-electron chi connectivity index (χ3n) is 5.72. The van der Waals surface area contributed by atoms with Crippen molar-refractivity contribution in [2.24, 2.45) is 5.10 Å². The molecule has 0 saturated heterocycles. The lowest BCUT2D eigenvalue weighted by molar-refractivity contribution is 0.184. The highest BCUT2D eigenvalue weighted by molar-refractivity contribution is 5.83. The third-order valence-corrected chi connectivity index (χ3v) is 5.72. The number of nitriles is 1. The topological polar surface area (TPSA) is 75.2 Å². The first-order valence-corrected chi connectivity index (χ1v) is 11.0. The summed E-state index contributed by atoms with van der Waals surface area (Å²) in [7, 11) is 1.60. The average Bonchev–Trinajstić information content (AvgIpc) is 3.12. The van der Waals surface area contributed by atoms with Crippen LogP contribution in [0.15, 0.2) is 71.8 Å². The van der Waals surface area contributed by atoms with Gasteiger partial charge < -0.3 is 9.30 Å². The molecule has 0 unspecified atom stereocenters. The number of rotatable bonds is 7. The van der Waals surface area contributed by atoms with E-state index < -0.39 is 0 Å². The van der Waals surface area contributed by atoms with Crippen molar-refractivity contribution in [3.63, 3.8) is 0 Å². The van der Waals surface area contributed by atoms with Gasteiger partial charge in [0.15, 0.2) is 5.82 Å². The molecule has 170 valence electrons. The van der Waals surface area contributed by atoms with Crippen LogP contribution in [0.5, 0.6) is 0 Å². The molecular weight excluding hydrogens is 422 g/mol. The minimum absolute atomic E-state index is 0.342. The number of hydrogen-bond donors (Lipinski definition) is 1. The second-order valence-electron chi connectivity index (χ2n) is 8.14. The predicted molar refractivity (Wildman–Crippen MR) is 136 cm³/mol. The molecule has 0 saturated carbocycles. The summed E-state index contributed by atoms with van der Waals surface area (Å²) >= 11 is 0. The minimum atomic E-state index is 0.342. The second kappa shape index (κ2) is 10.2. The van der Waals surface area contributed by atoms with Gasteiger partial charge in [0, 0.05) is 41.0 Å². The van der Waals surface area contributed by atoms with Gasteiger partial charge in [0.05, 0.1) is 12.8 Å². The summed E-state index contributed by atoms with van der Waals surface area (Å²) in [6.45, 7) is 6.37. The molecule has 4 rings (SSSR count). The van der Waals surface area contributed by atoms with Crippen molar-refractivity contribution in [1.82, 2.24) is 9.55 Å². The fourth-order valence-corrected chi connectivity index (χ4v) is 4.13. The van der Waals surface area contributed by atoms with E-state index in [0.29, 0.717) is 18.0 Å². The monoisotopic (exact) mass is 449 g/mol. The Labute approximate surface area is 200 Å². The molecule has 0 spiro atoms. The van der Waals surface area contributed by atoms with E-state index in [9.17, 15) is 5.26 Å². The van der Waals surface area contributed by atoms with Crippen molar-refractivity contribution in [3.8, 4) is 22.9 Å². The fraction of sp³-hybridized carbons (Fsp3) is 0.179. The van der Waals surface area contributed by atoms with Gasteiger partial charge in [0.25, 0.3) is 0 Å². The van der Waals surface area contributed by atoms with E-state index in [1.54, 1.807) is 13.3 Å². The summed E-state index contributed by atoms with van der Waals surface area (Å²) in [5, 5.41) is 14.0. The van der Waals surface area contributed by atoms with Crippen LogP contribution in [-0.4, -0.2) is 22.9 Å². The highest BCUT2D eigenvalue weighted by Crippen LogP contribution is 2.24. The van der Waals surface area contributed by atoms with E-state index in [0.717, 1.165) is 33.9 Å². The largest absolute Gasteiger partial charge is 0.380 e. The van der Waals surface area contributed by atoms with Crippen LogP contribution in [0, 0.1) is 32.1 Å². The molecule has 0 amide bonds. The van der Waals surface area contributed by atoms with Gasteiger partial charge in [0.1, 0.15) is 11.6 Å². The van der Waals surface area contributed by atoms with Crippen LogP contribution in [0.2, 0.25) is 0 Å². The maximum atomic E-state index is 9.59. The zero-order valence-electron chi connectivity index (χ0n) is 19.8. The number of hydrogen-bond acceptors (Lipinski definition) is 5. The van der Waals surface area contributed by atoms with Gasteiger partial charge in [-0.05, 0) is 56.2 Å². The van der Waals surface area contributed by atoms with Crippen LogP contribution in [-0.2, 0) is 11.3 Å². The molecule has 0 atom stereocenters. The first-order chi connectivity index (χ1) is 16.5. The van der Waals surface area contributed by atoms with Gasteiger partial charge in [-0.1, -0.05) is 42.5 Å². The van der Waals surface area contributed by atoms with E-state index in [2.05, 4.69) is 82.5 Å². The quantitative estimate of drug-likeness (QED) is 0.280. The average molecular weight is 450 g/mol. The van der Waals surface area contributed by atoms with E-state index in [1.165, 1.54) is 11.1 Å². The summed E-state index contributed by atoms with van der Waals surface area (Å²) in [6.07, 6.45) is 1.76. The van der Waals surface area contributed by atoms with Gasteiger partial charge in [-0.2, -0.15) is 10.4 Å². The Kier molecular flexibility index (Phi) is 6.86. The van der Waals surface area contributed by atoms with Crippen LogP contribution < -0.4 is 5.43 Å². The van der Waals surface area contributed by atoms with Gasteiger partial charge in [-0.3, -0.25) is 5.43 Å². The fourth-order valence-electron chi connectivity index (χ4n) is 4.13. The van der Waals surface area contributed by atoms with Gasteiger partial charge in [-0.25, -0.2) is 4.98 Å². The Morgan fingerprint density at radius 2 is 1.74 bits per heavy atom. The molecule has 2 heterocycles. The van der Waals surface area contributed by atoms with Crippen molar-refractivity contribution in [2.45, 2.75) is 27.4 Å². The van der Waals surface area contributed by atoms with Crippen molar-refractivity contribution >= 4 is 12.0 Å². The van der Waals surface area contributed by atoms with Gasteiger partial charge >= 0.3 is 0 Å². The van der Waals surface area contributed by atoms with Crippen LogP contribution in [0.4, 0.5) is 5.82 Å². The molecule has 0 aliphatic rings. The number of anilines is 1. The first-order valence-electron chi connectivity index (χ1n) is 11.0. The number of pyridine rings is 1. The van der Waals surface area contributed by atoms with Crippen molar-refractivity contribution < 1.29 is 4.74 Å². The van der Waals surface area contributed by atoms with Gasteiger partial charge in [0.2, 0.25) is 0 Å². The summed E-state index contributed by atoms with van der Waals surface area (Å²) in [6, 6.07) is 25.1. The molecule has 0 radical (unpaired) electrons. The van der Waals surface area contributed by atoms with Crippen LogP contribution in [0.1, 0.15) is 33.8 Å².